The highest BCUT2D eigenvalue weighted by atomic mass is 16.5. The van der Waals surface area contributed by atoms with Crippen molar-refractivity contribution >= 4 is 11.4 Å². The Hall–Kier alpha value is -2.20. The molecule has 0 aliphatic carbocycles. The molecule has 4 heteroatoms. The first-order valence-corrected chi connectivity index (χ1v) is 10.7. The van der Waals surface area contributed by atoms with E-state index in [-0.39, 0.29) is 0 Å². The summed E-state index contributed by atoms with van der Waals surface area (Å²) in [5, 5.41) is 0. The van der Waals surface area contributed by atoms with Crippen LogP contribution in [0, 0.1) is 0 Å². The highest BCUT2D eigenvalue weighted by molar-refractivity contribution is 5.80. The van der Waals surface area contributed by atoms with Crippen molar-refractivity contribution in [2.45, 2.75) is 31.2 Å². The molecule has 0 amide bonds. The molecule has 2 aromatic rings. The second kappa shape index (κ2) is 7.32. The molecule has 3 heterocycles. The lowest BCUT2D eigenvalue weighted by molar-refractivity contribution is 0.191. The number of ether oxygens (including phenoxy) is 1. The van der Waals surface area contributed by atoms with Crippen LogP contribution in [0.25, 0.3) is 0 Å². The highest BCUT2D eigenvalue weighted by Crippen LogP contribution is 2.50. The van der Waals surface area contributed by atoms with Gasteiger partial charge in [0.15, 0.2) is 0 Å². The van der Waals surface area contributed by atoms with Crippen LogP contribution in [0.2, 0.25) is 0 Å². The summed E-state index contributed by atoms with van der Waals surface area (Å²) in [4.78, 5) is 7.85. The minimum atomic E-state index is 0.673. The number of likely N-dealkylation sites (N-methyl/N-ethyl adjacent to an activating group) is 1. The largest absolute Gasteiger partial charge is 0.497 e. The maximum absolute atomic E-state index is 5.36. The smallest absolute Gasteiger partial charge is 0.119 e. The third kappa shape index (κ3) is 3.04. The molecule has 0 spiro atoms. The van der Waals surface area contributed by atoms with Crippen LogP contribution < -0.4 is 14.5 Å². The van der Waals surface area contributed by atoms with Gasteiger partial charge in [0.25, 0.3) is 0 Å². The molecule has 4 nitrogen and oxygen atoms in total. The van der Waals surface area contributed by atoms with Gasteiger partial charge >= 0.3 is 0 Å². The number of piperidine rings is 1. The van der Waals surface area contributed by atoms with Crippen molar-refractivity contribution in [3.8, 4) is 5.75 Å². The van der Waals surface area contributed by atoms with Crippen molar-refractivity contribution in [1.82, 2.24) is 4.90 Å². The summed E-state index contributed by atoms with van der Waals surface area (Å²) in [6.07, 6.45) is 3.63. The first-order chi connectivity index (χ1) is 13.7. The summed E-state index contributed by atoms with van der Waals surface area (Å²) in [6.45, 7) is 5.95. The molecule has 1 fully saturated rings. The molecule has 3 aliphatic rings. The Balaban J connectivity index is 1.25. The number of nitrogens with zero attached hydrogens (tertiary/aromatic N) is 3. The quantitative estimate of drug-likeness (QED) is 0.790. The zero-order chi connectivity index (χ0) is 19.1. The van der Waals surface area contributed by atoms with Crippen molar-refractivity contribution in [2.24, 2.45) is 0 Å². The van der Waals surface area contributed by atoms with Gasteiger partial charge in [-0.25, -0.2) is 0 Å². The van der Waals surface area contributed by atoms with E-state index in [1.54, 1.807) is 12.7 Å². The monoisotopic (exact) mass is 377 g/mol. The minimum absolute atomic E-state index is 0.673. The number of hydrogen-bond donors (Lipinski definition) is 0. The van der Waals surface area contributed by atoms with E-state index >= 15 is 0 Å². The summed E-state index contributed by atoms with van der Waals surface area (Å²) >= 11 is 0. The molecule has 0 aromatic heterocycles. The van der Waals surface area contributed by atoms with Gasteiger partial charge in [0, 0.05) is 45.2 Å². The number of para-hydroxylation sites is 1. The van der Waals surface area contributed by atoms with Crippen LogP contribution in [0.4, 0.5) is 11.4 Å². The SMILES string of the molecule is COc1cccc(CCCN2CCC3C(C2)c2cccc4c2N3CCN4C)c1. The van der Waals surface area contributed by atoms with Crippen LogP contribution in [0.15, 0.2) is 42.5 Å². The topological polar surface area (TPSA) is 19.0 Å². The standard InChI is InChI=1S/C24H31N3O/c1-25-14-15-27-22-11-13-26(12-5-7-18-6-3-8-19(16-18)28-2)17-21(22)20-9-4-10-23(25)24(20)27/h3-4,6,8-10,16,21-22H,5,7,11-15,17H2,1-2H3. The molecule has 2 atom stereocenters. The highest BCUT2D eigenvalue weighted by Gasteiger charge is 2.44. The minimum Gasteiger partial charge on any atom is -0.497 e. The van der Waals surface area contributed by atoms with E-state index in [0.717, 1.165) is 18.7 Å². The van der Waals surface area contributed by atoms with Crippen molar-refractivity contribution in [3.05, 3.63) is 53.6 Å². The Morgan fingerprint density at radius 2 is 1.96 bits per heavy atom. The molecule has 2 aromatic carbocycles. The fourth-order valence-corrected chi connectivity index (χ4v) is 5.51. The summed E-state index contributed by atoms with van der Waals surface area (Å²) in [5.74, 6) is 1.64. The fourth-order valence-electron chi connectivity index (χ4n) is 5.51. The molecular formula is C24H31N3O. The number of fused-ring (bicyclic) bond motifs is 3. The molecule has 1 saturated heterocycles. The van der Waals surface area contributed by atoms with E-state index in [4.69, 9.17) is 4.74 Å². The Morgan fingerprint density at radius 1 is 1.07 bits per heavy atom. The lowest BCUT2D eigenvalue weighted by Crippen LogP contribution is -2.49. The van der Waals surface area contributed by atoms with Gasteiger partial charge in [-0.2, -0.15) is 0 Å². The van der Waals surface area contributed by atoms with Gasteiger partial charge in [-0.15, -0.1) is 0 Å². The maximum atomic E-state index is 5.36. The van der Waals surface area contributed by atoms with Crippen LogP contribution in [0.3, 0.4) is 0 Å². The zero-order valence-electron chi connectivity index (χ0n) is 17.1. The predicted molar refractivity (Wildman–Crippen MR) is 116 cm³/mol. The van der Waals surface area contributed by atoms with Crippen LogP contribution in [-0.2, 0) is 6.42 Å². The predicted octanol–water partition coefficient (Wildman–Crippen LogP) is 3.76. The average Bonchev–Trinajstić information content (AvgIpc) is 3.05. The van der Waals surface area contributed by atoms with Crippen LogP contribution in [0.5, 0.6) is 5.75 Å². The number of hydrogen-bond acceptors (Lipinski definition) is 4. The van der Waals surface area contributed by atoms with E-state index < -0.39 is 0 Å². The number of benzene rings is 2. The van der Waals surface area contributed by atoms with Gasteiger partial charge in [-0.3, -0.25) is 0 Å². The summed E-state index contributed by atoms with van der Waals surface area (Å²) in [6, 6.07) is 16.2. The van der Waals surface area contributed by atoms with Crippen molar-refractivity contribution < 1.29 is 4.74 Å². The molecule has 2 unspecified atom stereocenters. The second-order valence-corrected chi connectivity index (χ2v) is 8.55. The number of rotatable bonds is 5. The summed E-state index contributed by atoms with van der Waals surface area (Å²) < 4.78 is 5.36. The van der Waals surface area contributed by atoms with Gasteiger partial charge in [0.1, 0.15) is 5.75 Å². The Morgan fingerprint density at radius 3 is 2.86 bits per heavy atom. The maximum Gasteiger partial charge on any atom is 0.119 e. The zero-order valence-corrected chi connectivity index (χ0v) is 17.1. The number of likely N-dealkylation sites (tertiary alicyclic amines) is 1. The molecule has 148 valence electrons. The first kappa shape index (κ1) is 17.9. The molecular weight excluding hydrogens is 346 g/mol. The van der Waals surface area contributed by atoms with E-state index in [1.807, 2.05) is 6.07 Å². The van der Waals surface area contributed by atoms with E-state index in [1.165, 1.54) is 56.0 Å². The molecule has 0 bridgehead atoms. The van der Waals surface area contributed by atoms with Gasteiger partial charge in [-0.05, 0) is 55.1 Å². The van der Waals surface area contributed by atoms with E-state index in [0.29, 0.717) is 12.0 Å². The van der Waals surface area contributed by atoms with Crippen molar-refractivity contribution in [1.29, 1.82) is 0 Å². The normalized spacial score (nSPS) is 23.5. The van der Waals surface area contributed by atoms with Gasteiger partial charge in [0.2, 0.25) is 0 Å². The lowest BCUT2D eigenvalue weighted by atomic mass is 9.89. The molecule has 28 heavy (non-hydrogen) atoms. The molecule has 0 saturated carbocycles. The van der Waals surface area contributed by atoms with Gasteiger partial charge < -0.3 is 19.4 Å². The summed E-state index contributed by atoms with van der Waals surface area (Å²) in [5.41, 5.74) is 5.93. The second-order valence-electron chi connectivity index (χ2n) is 8.55. The number of methoxy groups -OCH3 is 1. The van der Waals surface area contributed by atoms with E-state index in [9.17, 15) is 0 Å². The molecule has 3 aliphatic heterocycles. The summed E-state index contributed by atoms with van der Waals surface area (Å²) in [7, 11) is 3.98. The Kier molecular flexibility index (Phi) is 4.67. The van der Waals surface area contributed by atoms with Gasteiger partial charge in [-0.1, -0.05) is 24.3 Å². The fraction of sp³-hybridized carbons (Fsp3) is 0.500. The first-order valence-electron chi connectivity index (χ1n) is 10.7. The Labute approximate surface area is 168 Å². The van der Waals surface area contributed by atoms with Crippen molar-refractivity contribution in [3.63, 3.8) is 0 Å². The van der Waals surface area contributed by atoms with Crippen LogP contribution in [0.1, 0.15) is 29.9 Å². The Bertz CT molecular complexity index is 851. The van der Waals surface area contributed by atoms with Crippen LogP contribution >= 0.6 is 0 Å². The number of aryl methyl sites for hydroxylation is 1. The number of anilines is 2. The van der Waals surface area contributed by atoms with Gasteiger partial charge in [0.05, 0.1) is 18.5 Å². The third-order valence-corrected chi connectivity index (χ3v) is 6.95. The molecule has 5 rings (SSSR count). The third-order valence-electron chi connectivity index (χ3n) is 6.95. The van der Waals surface area contributed by atoms with Crippen molar-refractivity contribution in [2.75, 3.05) is 56.7 Å². The van der Waals surface area contributed by atoms with E-state index in [2.05, 4.69) is 58.1 Å². The molecule has 0 radical (unpaired) electrons. The molecule has 0 N–H and O–H groups in total. The average molecular weight is 378 g/mol. The lowest BCUT2D eigenvalue weighted by Gasteiger charge is -2.41. The van der Waals surface area contributed by atoms with Crippen LogP contribution in [-0.4, -0.2) is 57.8 Å².